The Morgan fingerprint density at radius 2 is 1.80 bits per heavy atom. The van der Waals surface area contributed by atoms with E-state index >= 15 is 0 Å². The van der Waals surface area contributed by atoms with Crippen LogP contribution in [-0.2, 0) is 4.79 Å². The van der Waals surface area contributed by atoms with E-state index in [0.717, 1.165) is 0 Å². The molecule has 5 heavy (non-hydrogen) atoms. The summed E-state index contributed by atoms with van der Waals surface area (Å²) in [5, 5.41) is -0.139. The summed E-state index contributed by atoms with van der Waals surface area (Å²) < 4.78 is 0. The summed E-state index contributed by atoms with van der Waals surface area (Å²) in [7, 11) is 0. The topological polar surface area (TPSA) is 17.1 Å². The Kier molecular flexibility index (Phi) is 9.43. The van der Waals surface area contributed by atoms with Crippen LogP contribution in [0.2, 0.25) is 0 Å². The van der Waals surface area contributed by atoms with E-state index in [2.05, 4.69) is 12.6 Å². The molecular weight excluding hydrogens is 95.1 g/mol. The Labute approximate surface area is 58.8 Å². The minimum atomic E-state index is -0.139. The van der Waals surface area contributed by atoms with Gasteiger partial charge in [0.25, 0.3) is 0 Å². The molecule has 0 rings (SSSR count). The van der Waals surface area contributed by atoms with Crippen LogP contribution in [0.15, 0.2) is 0 Å². The third-order valence-corrected chi connectivity index (χ3v) is 0. The average molecular weight is 99.1 g/mol. The Hall–Kier alpha value is 1.02. The number of rotatable bonds is 0. The maximum atomic E-state index is 9.31. The summed E-state index contributed by atoms with van der Waals surface area (Å²) >= 11 is 3.33. The summed E-state index contributed by atoms with van der Waals surface area (Å²) in [4.78, 5) is 9.31. The van der Waals surface area contributed by atoms with Crippen LogP contribution in [0.4, 0.5) is 0 Å². The first kappa shape index (κ1) is 9.39. The van der Waals surface area contributed by atoms with Gasteiger partial charge in [-0.3, -0.25) is 4.79 Å². The maximum absolute atomic E-state index is 9.31. The molecule has 0 saturated carbocycles. The van der Waals surface area contributed by atoms with Crippen molar-refractivity contribution >= 4 is 47.3 Å². The Morgan fingerprint density at radius 1 is 1.80 bits per heavy atom. The number of hydrogen-bond donors (Lipinski definition) is 1. The molecule has 3 heteroatoms. The molecule has 0 atom stereocenters. The molecule has 25 valence electrons. The smallest absolute Gasteiger partial charge is 0.182 e. The van der Waals surface area contributed by atoms with Crippen molar-refractivity contribution in [1.29, 1.82) is 0 Å². The average Bonchev–Trinajstić information content (AvgIpc) is 0.811. The van der Waals surface area contributed by atoms with Crippen molar-refractivity contribution in [3.8, 4) is 0 Å². The van der Waals surface area contributed by atoms with E-state index in [-0.39, 0.29) is 34.7 Å². The molecule has 0 heterocycles. The molecule has 0 bridgehead atoms. The van der Waals surface area contributed by atoms with Crippen LogP contribution in [0.25, 0.3) is 0 Å². The van der Waals surface area contributed by atoms with E-state index in [1.165, 1.54) is 6.92 Å². The van der Waals surface area contributed by atoms with E-state index in [9.17, 15) is 4.79 Å². The van der Waals surface area contributed by atoms with Gasteiger partial charge in [0.2, 0.25) is 0 Å². The third-order valence-electron chi connectivity index (χ3n) is 0. The van der Waals surface area contributed by atoms with Crippen LogP contribution in [0.3, 0.4) is 0 Å². The second-order valence-corrected chi connectivity index (χ2v) is 1.15. The van der Waals surface area contributed by atoms with Gasteiger partial charge < -0.3 is 0 Å². The molecule has 0 aromatic rings. The van der Waals surface area contributed by atoms with E-state index in [0.29, 0.717) is 0 Å². The van der Waals surface area contributed by atoms with Gasteiger partial charge in [0, 0.05) is 36.5 Å². The fourth-order valence-electron chi connectivity index (χ4n) is 0. The molecule has 1 radical (unpaired) electrons. The minimum Gasteiger partial charge on any atom is -0.288 e. The first-order valence-corrected chi connectivity index (χ1v) is 1.37. The number of carbonyl (C=O) groups excluding carboxylic acids is 1. The van der Waals surface area contributed by atoms with Gasteiger partial charge in [0.05, 0.1) is 0 Å². The van der Waals surface area contributed by atoms with Crippen molar-refractivity contribution in [3.63, 3.8) is 0 Å². The third kappa shape index (κ3) is 44.0. The van der Waals surface area contributed by atoms with Gasteiger partial charge in [-0.05, 0) is 0 Å². The van der Waals surface area contributed by atoms with Gasteiger partial charge in [-0.25, -0.2) is 0 Å². The molecule has 0 amide bonds. The standard InChI is InChI=1S/C2H4OS.Na/c1-2(3)4;/h1H3,(H,3,4);. The van der Waals surface area contributed by atoms with Crippen molar-refractivity contribution < 1.29 is 4.79 Å². The summed E-state index contributed by atoms with van der Waals surface area (Å²) in [5.41, 5.74) is 0. The van der Waals surface area contributed by atoms with E-state index in [1.807, 2.05) is 0 Å². The fourth-order valence-corrected chi connectivity index (χ4v) is 0. The van der Waals surface area contributed by atoms with E-state index in [1.54, 1.807) is 0 Å². The van der Waals surface area contributed by atoms with Crippen molar-refractivity contribution in [1.82, 2.24) is 0 Å². The van der Waals surface area contributed by atoms with E-state index in [4.69, 9.17) is 0 Å². The second kappa shape index (κ2) is 5.02. The molecule has 0 aliphatic carbocycles. The molecule has 0 unspecified atom stereocenters. The molecule has 0 spiro atoms. The number of hydrogen-bond acceptors (Lipinski definition) is 1. The zero-order chi connectivity index (χ0) is 3.58. The quantitative estimate of drug-likeness (QED) is 0.336. The van der Waals surface area contributed by atoms with Crippen LogP contribution in [0, 0.1) is 0 Å². The van der Waals surface area contributed by atoms with Gasteiger partial charge in [0.15, 0.2) is 5.12 Å². The monoisotopic (exact) mass is 99.0 g/mol. The number of thiol groups is 1. The molecular formula is C2H4NaOS. The molecule has 1 nitrogen and oxygen atoms in total. The first-order valence-electron chi connectivity index (χ1n) is 0.928. The van der Waals surface area contributed by atoms with Gasteiger partial charge in [0.1, 0.15) is 0 Å². The van der Waals surface area contributed by atoms with E-state index < -0.39 is 0 Å². The molecule has 0 N–H and O–H groups in total. The van der Waals surface area contributed by atoms with Crippen LogP contribution < -0.4 is 0 Å². The van der Waals surface area contributed by atoms with Gasteiger partial charge in [-0.2, -0.15) is 0 Å². The Morgan fingerprint density at radius 3 is 1.80 bits per heavy atom. The largest absolute Gasteiger partial charge is 0.288 e. The molecule has 0 fully saturated rings. The van der Waals surface area contributed by atoms with Crippen LogP contribution in [0.5, 0.6) is 0 Å². The van der Waals surface area contributed by atoms with Crippen molar-refractivity contribution in [3.05, 3.63) is 0 Å². The predicted octanol–water partition coefficient (Wildman–Crippen LogP) is 0.0819. The fraction of sp³-hybridized carbons (Fsp3) is 0.500. The van der Waals surface area contributed by atoms with Crippen LogP contribution in [0.1, 0.15) is 6.92 Å². The molecule has 0 saturated heterocycles. The molecule has 0 aliphatic heterocycles. The first-order chi connectivity index (χ1) is 1.73. The molecule has 0 aromatic carbocycles. The summed E-state index contributed by atoms with van der Waals surface area (Å²) in [6.45, 7) is 1.39. The molecule has 0 aromatic heterocycles. The zero-order valence-corrected chi connectivity index (χ0v) is 6.25. The normalized spacial score (nSPS) is 5.20. The summed E-state index contributed by atoms with van der Waals surface area (Å²) in [5.74, 6) is 0. The SMILES string of the molecule is CC(=O)S.[Na]. The van der Waals surface area contributed by atoms with Gasteiger partial charge in [-0.1, -0.05) is 0 Å². The van der Waals surface area contributed by atoms with Gasteiger partial charge in [-0.15, -0.1) is 12.6 Å². The zero-order valence-electron chi connectivity index (χ0n) is 3.36. The number of carbonyl (C=O) groups is 1. The maximum Gasteiger partial charge on any atom is 0.182 e. The van der Waals surface area contributed by atoms with Crippen molar-refractivity contribution in [2.45, 2.75) is 6.92 Å². The minimum absolute atomic E-state index is 0. The second-order valence-electron chi connectivity index (χ2n) is 0.519. The van der Waals surface area contributed by atoms with Gasteiger partial charge >= 0.3 is 0 Å². The molecule has 0 aliphatic rings. The van der Waals surface area contributed by atoms with Crippen molar-refractivity contribution in [2.75, 3.05) is 0 Å². The van der Waals surface area contributed by atoms with Crippen LogP contribution >= 0.6 is 12.6 Å². The Balaban J connectivity index is 0. The van der Waals surface area contributed by atoms with Crippen LogP contribution in [-0.4, -0.2) is 34.7 Å². The summed E-state index contributed by atoms with van der Waals surface area (Å²) in [6.07, 6.45) is 0. The Bertz CT molecular complexity index is 32.6. The predicted molar refractivity (Wildman–Crippen MR) is 25.4 cm³/mol. The summed E-state index contributed by atoms with van der Waals surface area (Å²) in [6, 6.07) is 0. The van der Waals surface area contributed by atoms with Crippen molar-refractivity contribution in [2.24, 2.45) is 0 Å².